The Morgan fingerprint density at radius 1 is 1.31 bits per heavy atom. The molecule has 0 radical (unpaired) electrons. The average molecular weight is 381 g/mol. The molecule has 1 aromatic rings. The number of thiazole rings is 1. The lowest BCUT2D eigenvalue weighted by Crippen LogP contribution is -2.55. The highest BCUT2D eigenvalue weighted by Gasteiger charge is 2.41. The first-order chi connectivity index (χ1) is 12.3. The van der Waals surface area contributed by atoms with E-state index in [2.05, 4.69) is 41.0 Å². The van der Waals surface area contributed by atoms with Crippen molar-refractivity contribution in [1.29, 1.82) is 0 Å². The van der Waals surface area contributed by atoms with Crippen molar-refractivity contribution >= 4 is 17.2 Å². The molecular formula is C19H32N4O2S. The van der Waals surface area contributed by atoms with E-state index in [1.165, 1.54) is 0 Å². The first kappa shape index (κ1) is 19.7. The minimum atomic E-state index is -0.514. The molecule has 26 heavy (non-hydrogen) atoms. The number of nitrogens with one attached hydrogen (secondary N) is 1. The van der Waals surface area contributed by atoms with Gasteiger partial charge in [-0.15, -0.1) is 11.3 Å². The predicted octanol–water partition coefficient (Wildman–Crippen LogP) is 1.95. The highest BCUT2D eigenvalue weighted by atomic mass is 32.1. The van der Waals surface area contributed by atoms with Crippen molar-refractivity contribution in [3.8, 4) is 0 Å². The zero-order valence-corrected chi connectivity index (χ0v) is 17.1. The molecule has 2 heterocycles. The summed E-state index contributed by atoms with van der Waals surface area (Å²) in [4.78, 5) is 22.0. The van der Waals surface area contributed by atoms with Crippen LogP contribution in [0.2, 0.25) is 0 Å². The lowest BCUT2D eigenvalue weighted by Gasteiger charge is -2.44. The van der Waals surface area contributed by atoms with Crippen molar-refractivity contribution in [2.45, 2.75) is 51.6 Å². The van der Waals surface area contributed by atoms with Crippen molar-refractivity contribution in [1.82, 2.24) is 20.1 Å². The van der Waals surface area contributed by atoms with Crippen molar-refractivity contribution in [2.75, 3.05) is 39.8 Å². The average Bonchev–Trinajstić information content (AvgIpc) is 3.05. The molecule has 6 nitrogen and oxygen atoms in total. The molecule has 1 aromatic heterocycles. The van der Waals surface area contributed by atoms with Crippen LogP contribution in [0.25, 0.3) is 0 Å². The Kier molecular flexibility index (Phi) is 6.01. The van der Waals surface area contributed by atoms with Crippen LogP contribution in [-0.2, 0) is 6.54 Å². The largest absolute Gasteiger partial charge is 0.394 e. The van der Waals surface area contributed by atoms with Gasteiger partial charge in [0.05, 0.1) is 18.7 Å². The van der Waals surface area contributed by atoms with E-state index >= 15 is 0 Å². The fourth-order valence-corrected chi connectivity index (χ4v) is 5.08. The van der Waals surface area contributed by atoms with E-state index in [1.807, 2.05) is 5.38 Å². The second kappa shape index (κ2) is 7.92. The van der Waals surface area contributed by atoms with Crippen molar-refractivity contribution in [2.24, 2.45) is 5.41 Å². The van der Waals surface area contributed by atoms with Crippen LogP contribution in [0.15, 0.2) is 5.38 Å². The number of carbonyl (C=O) groups is 1. The molecule has 0 bridgehead atoms. The predicted molar refractivity (Wildman–Crippen MR) is 104 cm³/mol. The molecule has 1 atom stereocenters. The molecule has 2 aliphatic rings. The number of hydrogen-bond donors (Lipinski definition) is 2. The van der Waals surface area contributed by atoms with Gasteiger partial charge < -0.3 is 15.3 Å². The molecule has 0 aromatic carbocycles. The standard InChI is InChI=1S/C19H32N4O2S/c1-18(2)5-4-6-19(13-18,14-24)21-17(25)15-12-26-16(20-15)11-23-9-7-22(3)8-10-23/h12,24H,4-11,13-14H2,1-3H3,(H,21,25). The van der Waals surface area contributed by atoms with Crippen LogP contribution in [0, 0.1) is 5.41 Å². The van der Waals surface area contributed by atoms with Gasteiger partial charge >= 0.3 is 0 Å². The molecular weight excluding hydrogens is 348 g/mol. The summed E-state index contributed by atoms with van der Waals surface area (Å²) in [6.07, 6.45) is 3.80. The molecule has 146 valence electrons. The Balaban J connectivity index is 1.60. The van der Waals surface area contributed by atoms with Crippen LogP contribution in [0.3, 0.4) is 0 Å². The molecule has 3 rings (SSSR count). The summed E-state index contributed by atoms with van der Waals surface area (Å²) < 4.78 is 0. The molecule has 7 heteroatoms. The number of aliphatic hydroxyl groups excluding tert-OH is 1. The lowest BCUT2D eigenvalue weighted by atomic mass is 9.68. The molecule has 2 fully saturated rings. The third-order valence-corrected chi connectivity index (χ3v) is 6.58. The maximum Gasteiger partial charge on any atom is 0.271 e. The molecule has 1 aliphatic heterocycles. The van der Waals surface area contributed by atoms with Gasteiger partial charge in [0.25, 0.3) is 5.91 Å². The number of aliphatic hydroxyl groups is 1. The summed E-state index contributed by atoms with van der Waals surface area (Å²) in [6, 6.07) is 0. The minimum Gasteiger partial charge on any atom is -0.394 e. The van der Waals surface area contributed by atoms with Gasteiger partial charge in [-0.05, 0) is 31.7 Å². The van der Waals surface area contributed by atoms with Gasteiger partial charge in [-0.3, -0.25) is 9.69 Å². The number of nitrogens with zero attached hydrogens (tertiary/aromatic N) is 3. The highest BCUT2D eigenvalue weighted by Crippen LogP contribution is 2.40. The number of aromatic nitrogens is 1. The van der Waals surface area contributed by atoms with E-state index in [0.717, 1.165) is 63.4 Å². The Labute approximate surface area is 160 Å². The van der Waals surface area contributed by atoms with E-state index in [4.69, 9.17) is 0 Å². The van der Waals surface area contributed by atoms with E-state index in [9.17, 15) is 9.90 Å². The normalized spacial score (nSPS) is 27.4. The van der Waals surface area contributed by atoms with Gasteiger partial charge in [0, 0.05) is 31.6 Å². The lowest BCUT2D eigenvalue weighted by molar-refractivity contribution is 0.0518. The van der Waals surface area contributed by atoms with Crippen LogP contribution < -0.4 is 5.32 Å². The van der Waals surface area contributed by atoms with Crippen LogP contribution in [0.5, 0.6) is 0 Å². The topological polar surface area (TPSA) is 68.7 Å². The molecule has 1 aliphatic carbocycles. The first-order valence-corrected chi connectivity index (χ1v) is 10.5. The SMILES string of the molecule is CN1CCN(Cc2nc(C(=O)NC3(CO)CCCC(C)(C)C3)cs2)CC1. The quantitative estimate of drug-likeness (QED) is 0.817. The van der Waals surface area contributed by atoms with E-state index < -0.39 is 5.54 Å². The summed E-state index contributed by atoms with van der Waals surface area (Å²) in [5.74, 6) is -0.155. The Hall–Kier alpha value is -1.02. The number of likely N-dealkylation sites (N-methyl/N-ethyl adjacent to an activating group) is 1. The number of amides is 1. The van der Waals surface area contributed by atoms with Gasteiger partial charge in [0.2, 0.25) is 0 Å². The van der Waals surface area contributed by atoms with Gasteiger partial charge in [-0.2, -0.15) is 0 Å². The second-order valence-electron chi connectivity index (χ2n) is 8.79. The van der Waals surface area contributed by atoms with Crippen LogP contribution in [0.1, 0.15) is 55.0 Å². The fourth-order valence-electron chi connectivity index (χ4n) is 4.27. The Morgan fingerprint density at radius 3 is 2.69 bits per heavy atom. The third kappa shape index (κ3) is 4.82. The maximum absolute atomic E-state index is 12.7. The van der Waals surface area contributed by atoms with E-state index in [0.29, 0.717) is 5.69 Å². The summed E-state index contributed by atoms with van der Waals surface area (Å²) in [5.41, 5.74) is 0.110. The number of rotatable bonds is 5. The zero-order chi connectivity index (χ0) is 18.8. The van der Waals surface area contributed by atoms with Gasteiger partial charge in [0.15, 0.2) is 0 Å². The number of piperazine rings is 1. The smallest absolute Gasteiger partial charge is 0.271 e. The van der Waals surface area contributed by atoms with Crippen LogP contribution >= 0.6 is 11.3 Å². The Morgan fingerprint density at radius 2 is 2.04 bits per heavy atom. The molecule has 2 N–H and O–H groups in total. The summed E-state index contributed by atoms with van der Waals surface area (Å²) in [6.45, 7) is 9.45. The molecule has 1 saturated carbocycles. The highest BCUT2D eigenvalue weighted by molar-refractivity contribution is 7.09. The zero-order valence-electron chi connectivity index (χ0n) is 16.3. The third-order valence-electron chi connectivity index (χ3n) is 5.75. The molecule has 0 spiro atoms. The van der Waals surface area contributed by atoms with Gasteiger partial charge in [-0.25, -0.2) is 4.98 Å². The van der Waals surface area contributed by atoms with Crippen molar-refractivity contribution in [3.05, 3.63) is 16.1 Å². The van der Waals surface area contributed by atoms with Crippen LogP contribution in [-0.4, -0.2) is 71.2 Å². The van der Waals surface area contributed by atoms with Crippen LogP contribution in [0.4, 0.5) is 0 Å². The number of carbonyl (C=O) groups excluding carboxylic acids is 1. The van der Waals surface area contributed by atoms with Crippen molar-refractivity contribution in [3.63, 3.8) is 0 Å². The first-order valence-electron chi connectivity index (χ1n) is 9.60. The second-order valence-corrected chi connectivity index (χ2v) is 9.74. The maximum atomic E-state index is 12.7. The van der Waals surface area contributed by atoms with E-state index in [-0.39, 0.29) is 17.9 Å². The Bertz CT molecular complexity index is 625. The summed E-state index contributed by atoms with van der Waals surface area (Å²) in [5, 5.41) is 15.9. The number of hydrogen-bond acceptors (Lipinski definition) is 6. The molecule has 1 unspecified atom stereocenters. The monoisotopic (exact) mass is 380 g/mol. The summed E-state index contributed by atoms with van der Waals surface area (Å²) in [7, 11) is 2.15. The van der Waals surface area contributed by atoms with Crippen molar-refractivity contribution < 1.29 is 9.90 Å². The van der Waals surface area contributed by atoms with E-state index in [1.54, 1.807) is 11.3 Å². The van der Waals surface area contributed by atoms with Gasteiger partial charge in [0.1, 0.15) is 10.7 Å². The summed E-state index contributed by atoms with van der Waals surface area (Å²) >= 11 is 1.55. The minimum absolute atomic E-state index is 0.0134. The molecule has 1 amide bonds. The fraction of sp³-hybridized carbons (Fsp3) is 0.789. The van der Waals surface area contributed by atoms with Gasteiger partial charge in [-0.1, -0.05) is 20.3 Å². The molecule has 1 saturated heterocycles.